The third-order valence-electron chi connectivity index (χ3n) is 6.02. The number of ether oxygens (including phenoxy) is 2. The van der Waals surface area contributed by atoms with Crippen molar-refractivity contribution in [2.75, 3.05) is 66.6 Å². The highest BCUT2D eigenvalue weighted by molar-refractivity contribution is 5.97. The summed E-state index contributed by atoms with van der Waals surface area (Å²) in [6.45, 7) is 7.71. The molecule has 1 aromatic carbocycles. The molecule has 0 radical (unpaired) electrons. The molecule has 2 fully saturated rings. The number of amides is 2. The maximum atomic E-state index is 13.5. The van der Waals surface area contributed by atoms with Gasteiger partial charge in [0.25, 0.3) is 5.91 Å². The van der Waals surface area contributed by atoms with Gasteiger partial charge >= 0.3 is 0 Å². The Morgan fingerprint density at radius 1 is 1.10 bits per heavy atom. The van der Waals surface area contributed by atoms with E-state index in [-0.39, 0.29) is 24.4 Å². The van der Waals surface area contributed by atoms with Crippen molar-refractivity contribution >= 4 is 11.8 Å². The van der Waals surface area contributed by atoms with Crippen molar-refractivity contribution in [2.45, 2.75) is 25.8 Å². The Labute approximate surface area is 179 Å². The van der Waals surface area contributed by atoms with Gasteiger partial charge in [0.15, 0.2) is 0 Å². The monoisotopic (exact) mass is 418 g/mol. The van der Waals surface area contributed by atoms with E-state index in [9.17, 15) is 9.59 Å². The Morgan fingerprint density at radius 3 is 2.37 bits per heavy atom. The lowest BCUT2D eigenvalue weighted by atomic mass is 10.1. The quantitative estimate of drug-likeness (QED) is 0.681. The number of rotatable bonds is 8. The van der Waals surface area contributed by atoms with Crippen LogP contribution in [0, 0.1) is 0 Å². The molecule has 8 heteroatoms. The molecule has 166 valence electrons. The molecule has 1 atom stereocenters. The predicted molar refractivity (Wildman–Crippen MR) is 115 cm³/mol. The van der Waals surface area contributed by atoms with E-state index < -0.39 is 0 Å². The molecule has 8 nitrogen and oxygen atoms in total. The van der Waals surface area contributed by atoms with E-state index in [4.69, 9.17) is 9.47 Å². The van der Waals surface area contributed by atoms with Crippen LogP contribution >= 0.6 is 0 Å². The first-order valence-electron chi connectivity index (χ1n) is 10.8. The number of piperazine rings is 1. The van der Waals surface area contributed by atoms with Gasteiger partial charge in [0.05, 0.1) is 14.2 Å². The molecular weight excluding hydrogens is 384 g/mol. The van der Waals surface area contributed by atoms with Crippen LogP contribution in [-0.4, -0.2) is 99.1 Å². The van der Waals surface area contributed by atoms with E-state index in [1.807, 2.05) is 4.90 Å². The largest absolute Gasteiger partial charge is 0.497 e. The first kappa shape index (κ1) is 22.4. The summed E-state index contributed by atoms with van der Waals surface area (Å²) in [6, 6.07) is 5.43. The van der Waals surface area contributed by atoms with Gasteiger partial charge in [-0.2, -0.15) is 0 Å². The van der Waals surface area contributed by atoms with Crippen molar-refractivity contribution in [2.24, 2.45) is 0 Å². The van der Waals surface area contributed by atoms with E-state index in [2.05, 4.69) is 17.1 Å². The summed E-state index contributed by atoms with van der Waals surface area (Å²) in [5.41, 5.74) is 0.473. The maximum absolute atomic E-state index is 13.5. The van der Waals surface area contributed by atoms with Crippen molar-refractivity contribution in [1.29, 1.82) is 0 Å². The fourth-order valence-corrected chi connectivity index (χ4v) is 4.28. The number of nitrogens with one attached hydrogen (secondary N) is 1. The smallest absolute Gasteiger partial charge is 0.254 e. The number of likely N-dealkylation sites (tertiary alicyclic amines) is 1. The van der Waals surface area contributed by atoms with Crippen molar-refractivity contribution in [1.82, 2.24) is 20.0 Å². The first-order valence-corrected chi connectivity index (χ1v) is 10.8. The number of methoxy groups -OCH3 is 2. The van der Waals surface area contributed by atoms with Crippen LogP contribution in [0.5, 0.6) is 11.5 Å². The summed E-state index contributed by atoms with van der Waals surface area (Å²) in [5, 5.41) is 3.26. The molecule has 2 heterocycles. The lowest BCUT2D eigenvalue weighted by molar-refractivity contribution is -0.132. The summed E-state index contributed by atoms with van der Waals surface area (Å²) < 4.78 is 10.7. The standard InChI is InChI=1S/C22H34N4O4/c1-4-24-9-5-6-18(24)15-26(16-21(27)25-10-7-23-8-11-25)22(28)17-12-19(29-2)14-20(13-17)30-3/h12-14,18,23H,4-11,15-16H2,1-3H3. The lowest BCUT2D eigenvalue weighted by Crippen LogP contribution is -2.52. The third-order valence-corrected chi connectivity index (χ3v) is 6.02. The van der Waals surface area contributed by atoms with Crippen LogP contribution in [0.4, 0.5) is 0 Å². The van der Waals surface area contributed by atoms with Crippen LogP contribution in [0.1, 0.15) is 30.1 Å². The number of carbonyl (C=O) groups is 2. The molecule has 2 aliphatic heterocycles. The van der Waals surface area contributed by atoms with Crippen molar-refractivity contribution in [3.05, 3.63) is 23.8 Å². The SMILES string of the molecule is CCN1CCCC1CN(CC(=O)N1CCNCC1)C(=O)c1cc(OC)cc(OC)c1. The normalized spacial score (nSPS) is 19.6. The minimum absolute atomic E-state index is 0.000700. The second-order valence-corrected chi connectivity index (χ2v) is 7.84. The second kappa shape index (κ2) is 10.6. The Hall–Kier alpha value is -2.32. The fourth-order valence-electron chi connectivity index (χ4n) is 4.28. The van der Waals surface area contributed by atoms with Crippen LogP contribution in [-0.2, 0) is 4.79 Å². The summed E-state index contributed by atoms with van der Waals surface area (Å²) in [5.74, 6) is 0.948. The molecule has 2 saturated heterocycles. The number of hydrogen-bond acceptors (Lipinski definition) is 6. The van der Waals surface area contributed by atoms with Crippen molar-refractivity contribution < 1.29 is 19.1 Å². The van der Waals surface area contributed by atoms with Crippen LogP contribution in [0.3, 0.4) is 0 Å². The third kappa shape index (κ3) is 5.43. The zero-order valence-electron chi connectivity index (χ0n) is 18.4. The Morgan fingerprint density at radius 2 is 1.77 bits per heavy atom. The average molecular weight is 419 g/mol. The van der Waals surface area contributed by atoms with Gasteiger partial charge in [0.1, 0.15) is 18.0 Å². The van der Waals surface area contributed by atoms with Gasteiger partial charge in [0, 0.05) is 50.4 Å². The van der Waals surface area contributed by atoms with Crippen LogP contribution in [0.15, 0.2) is 18.2 Å². The predicted octanol–water partition coefficient (Wildman–Crippen LogP) is 1.06. The fraction of sp³-hybridized carbons (Fsp3) is 0.636. The van der Waals surface area contributed by atoms with Gasteiger partial charge in [-0.25, -0.2) is 0 Å². The summed E-state index contributed by atoms with van der Waals surface area (Å²) >= 11 is 0. The van der Waals surface area contributed by atoms with Gasteiger partial charge in [-0.15, -0.1) is 0 Å². The molecule has 0 bridgehead atoms. The molecule has 3 rings (SSSR count). The summed E-state index contributed by atoms with van der Waals surface area (Å²) in [6.07, 6.45) is 2.17. The van der Waals surface area contributed by atoms with Gasteiger partial charge in [-0.05, 0) is 38.1 Å². The van der Waals surface area contributed by atoms with E-state index in [0.29, 0.717) is 36.7 Å². The maximum Gasteiger partial charge on any atom is 0.254 e. The zero-order valence-corrected chi connectivity index (χ0v) is 18.4. The minimum atomic E-state index is -0.168. The summed E-state index contributed by atoms with van der Waals surface area (Å²) in [4.78, 5) is 32.4. The Kier molecular flexibility index (Phi) is 7.93. The molecule has 0 aliphatic carbocycles. The van der Waals surface area contributed by atoms with Gasteiger partial charge in [0.2, 0.25) is 5.91 Å². The highest BCUT2D eigenvalue weighted by atomic mass is 16.5. The van der Waals surface area contributed by atoms with Crippen molar-refractivity contribution in [3.8, 4) is 11.5 Å². The number of nitrogens with zero attached hydrogens (tertiary/aromatic N) is 3. The number of likely N-dealkylation sites (N-methyl/N-ethyl adjacent to an activating group) is 1. The van der Waals surface area contributed by atoms with Crippen LogP contribution in [0.25, 0.3) is 0 Å². The van der Waals surface area contributed by atoms with Gasteiger partial charge in [-0.3, -0.25) is 14.5 Å². The Bertz CT molecular complexity index is 714. The Balaban J connectivity index is 1.82. The van der Waals surface area contributed by atoms with Crippen LogP contribution in [0.2, 0.25) is 0 Å². The van der Waals surface area contributed by atoms with Gasteiger partial charge < -0.3 is 24.6 Å². The number of hydrogen-bond donors (Lipinski definition) is 1. The second-order valence-electron chi connectivity index (χ2n) is 7.84. The molecule has 2 amide bonds. The highest BCUT2D eigenvalue weighted by Gasteiger charge is 2.30. The van der Waals surface area contributed by atoms with E-state index in [1.165, 1.54) is 0 Å². The lowest BCUT2D eigenvalue weighted by Gasteiger charge is -2.33. The van der Waals surface area contributed by atoms with Gasteiger partial charge in [-0.1, -0.05) is 6.92 Å². The molecule has 0 spiro atoms. The molecule has 2 aliphatic rings. The molecule has 0 saturated carbocycles. The molecule has 0 aromatic heterocycles. The average Bonchev–Trinajstić information content (AvgIpc) is 3.25. The first-order chi connectivity index (χ1) is 14.5. The topological polar surface area (TPSA) is 74.4 Å². The zero-order chi connectivity index (χ0) is 21.5. The van der Waals surface area contributed by atoms with E-state index >= 15 is 0 Å². The van der Waals surface area contributed by atoms with E-state index in [0.717, 1.165) is 39.0 Å². The highest BCUT2D eigenvalue weighted by Crippen LogP contribution is 2.25. The minimum Gasteiger partial charge on any atom is -0.497 e. The number of carbonyl (C=O) groups excluding carboxylic acids is 2. The molecule has 1 unspecified atom stereocenters. The number of benzene rings is 1. The van der Waals surface area contributed by atoms with Crippen molar-refractivity contribution in [3.63, 3.8) is 0 Å². The molecule has 30 heavy (non-hydrogen) atoms. The molecule has 1 aromatic rings. The molecular formula is C22H34N4O4. The molecule has 1 N–H and O–H groups in total. The van der Waals surface area contributed by atoms with E-state index in [1.54, 1.807) is 37.3 Å². The summed E-state index contributed by atoms with van der Waals surface area (Å²) in [7, 11) is 3.12. The van der Waals surface area contributed by atoms with Crippen LogP contribution < -0.4 is 14.8 Å².